The largest absolute Gasteiger partial charge is 0.314 e. The van der Waals surface area contributed by atoms with Crippen molar-refractivity contribution in [2.75, 3.05) is 6.54 Å². The smallest absolute Gasteiger partial charge is 0.0126 e. The molecule has 106 valence electrons. The molecule has 2 saturated carbocycles. The second-order valence-electron chi connectivity index (χ2n) is 6.68. The minimum absolute atomic E-state index is 0.836. The molecule has 0 aromatic carbocycles. The topological polar surface area (TPSA) is 12.0 Å². The molecule has 1 nitrogen and oxygen atoms in total. The fourth-order valence-electron chi connectivity index (χ4n) is 4.43. The van der Waals surface area contributed by atoms with Gasteiger partial charge in [-0.05, 0) is 37.1 Å². The lowest BCUT2D eigenvalue weighted by atomic mass is 9.58. The van der Waals surface area contributed by atoms with Gasteiger partial charge in [0, 0.05) is 6.04 Å². The molecule has 4 unspecified atom stereocenters. The Morgan fingerprint density at radius 3 is 1.83 bits per heavy atom. The van der Waals surface area contributed by atoms with Gasteiger partial charge < -0.3 is 5.32 Å². The standard InChI is InChI=1S/C17H33N/c1-3-18-17-14(2)15-12-10-8-6-4-5-7-9-11-13-16(15)17/h14-18H,3-13H2,1-2H3. The van der Waals surface area contributed by atoms with E-state index in [9.17, 15) is 0 Å². The Morgan fingerprint density at radius 1 is 0.778 bits per heavy atom. The molecular weight excluding hydrogens is 218 g/mol. The van der Waals surface area contributed by atoms with Crippen LogP contribution in [0.1, 0.15) is 78.1 Å². The molecule has 2 rings (SSSR count). The fourth-order valence-corrected chi connectivity index (χ4v) is 4.43. The highest BCUT2D eigenvalue weighted by atomic mass is 14.9. The average molecular weight is 251 g/mol. The highest BCUT2D eigenvalue weighted by Gasteiger charge is 2.45. The van der Waals surface area contributed by atoms with Gasteiger partial charge in [0.15, 0.2) is 0 Å². The van der Waals surface area contributed by atoms with Crippen molar-refractivity contribution in [1.29, 1.82) is 0 Å². The lowest BCUT2D eigenvalue weighted by Crippen LogP contribution is -2.57. The lowest BCUT2D eigenvalue weighted by Gasteiger charge is -2.52. The summed E-state index contributed by atoms with van der Waals surface area (Å²) in [5, 5.41) is 3.74. The minimum Gasteiger partial charge on any atom is -0.314 e. The highest BCUT2D eigenvalue weighted by molar-refractivity contribution is 4.99. The van der Waals surface area contributed by atoms with Gasteiger partial charge in [-0.25, -0.2) is 0 Å². The van der Waals surface area contributed by atoms with Gasteiger partial charge in [-0.2, -0.15) is 0 Å². The van der Waals surface area contributed by atoms with Crippen molar-refractivity contribution in [3.63, 3.8) is 0 Å². The van der Waals surface area contributed by atoms with E-state index in [4.69, 9.17) is 0 Å². The summed E-state index contributed by atoms with van der Waals surface area (Å²) in [5.41, 5.74) is 0. The van der Waals surface area contributed by atoms with Crippen molar-refractivity contribution in [1.82, 2.24) is 5.32 Å². The van der Waals surface area contributed by atoms with Gasteiger partial charge in [-0.3, -0.25) is 0 Å². The maximum absolute atomic E-state index is 3.74. The molecule has 1 heteroatoms. The van der Waals surface area contributed by atoms with E-state index in [1.54, 1.807) is 0 Å². The molecule has 0 radical (unpaired) electrons. The van der Waals surface area contributed by atoms with E-state index in [-0.39, 0.29) is 0 Å². The van der Waals surface area contributed by atoms with E-state index in [1.807, 2.05) is 0 Å². The molecule has 1 N–H and O–H groups in total. The molecule has 0 amide bonds. The van der Waals surface area contributed by atoms with Crippen molar-refractivity contribution < 1.29 is 0 Å². The second kappa shape index (κ2) is 7.53. The zero-order chi connectivity index (χ0) is 12.8. The number of hydrogen-bond donors (Lipinski definition) is 1. The predicted molar refractivity (Wildman–Crippen MR) is 79.8 cm³/mol. The van der Waals surface area contributed by atoms with Crippen LogP contribution >= 0.6 is 0 Å². The zero-order valence-electron chi connectivity index (χ0n) is 12.6. The molecule has 0 spiro atoms. The highest BCUT2D eigenvalue weighted by Crippen LogP contribution is 2.46. The van der Waals surface area contributed by atoms with Gasteiger partial charge in [-0.1, -0.05) is 65.2 Å². The first-order valence-electron chi connectivity index (χ1n) is 8.58. The molecule has 2 aliphatic rings. The van der Waals surface area contributed by atoms with E-state index in [1.165, 1.54) is 64.2 Å². The normalized spacial score (nSPS) is 39.0. The van der Waals surface area contributed by atoms with Gasteiger partial charge >= 0.3 is 0 Å². The van der Waals surface area contributed by atoms with E-state index >= 15 is 0 Å². The van der Waals surface area contributed by atoms with Crippen molar-refractivity contribution in [2.24, 2.45) is 17.8 Å². The molecule has 0 aromatic heterocycles. The molecule has 18 heavy (non-hydrogen) atoms. The van der Waals surface area contributed by atoms with Gasteiger partial charge in [-0.15, -0.1) is 0 Å². The molecule has 0 bridgehead atoms. The molecular formula is C17H33N. The van der Waals surface area contributed by atoms with Crippen LogP contribution in [-0.2, 0) is 0 Å². The summed E-state index contributed by atoms with van der Waals surface area (Å²) in [6.07, 6.45) is 14.9. The van der Waals surface area contributed by atoms with E-state index in [0.717, 1.165) is 30.3 Å². The van der Waals surface area contributed by atoms with Crippen LogP contribution in [0.5, 0.6) is 0 Å². The predicted octanol–water partition coefficient (Wildman–Crippen LogP) is 4.76. The van der Waals surface area contributed by atoms with E-state index in [2.05, 4.69) is 19.2 Å². The lowest BCUT2D eigenvalue weighted by molar-refractivity contribution is 0.00971. The van der Waals surface area contributed by atoms with Crippen molar-refractivity contribution in [3.8, 4) is 0 Å². The molecule has 0 aliphatic heterocycles. The number of fused-ring (bicyclic) bond motifs is 1. The quantitative estimate of drug-likeness (QED) is 0.746. The van der Waals surface area contributed by atoms with Gasteiger partial charge in [0.2, 0.25) is 0 Å². The fraction of sp³-hybridized carbons (Fsp3) is 1.00. The summed E-state index contributed by atoms with van der Waals surface area (Å²) in [6.45, 7) is 5.90. The molecule has 0 saturated heterocycles. The van der Waals surface area contributed by atoms with Crippen molar-refractivity contribution in [2.45, 2.75) is 84.1 Å². The molecule has 0 aromatic rings. The van der Waals surface area contributed by atoms with Crippen LogP contribution in [0.3, 0.4) is 0 Å². The molecule has 2 fully saturated rings. The van der Waals surface area contributed by atoms with Crippen molar-refractivity contribution in [3.05, 3.63) is 0 Å². The van der Waals surface area contributed by atoms with Crippen LogP contribution in [0.2, 0.25) is 0 Å². The summed E-state index contributed by atoms with van der Waals surface area (Å²) in [6, 6.07) is 0.836. The van der Waals surface area contributed by atoms with Gasteiger partial charge in [0.05, 0.1) is 0 Å². The van der Waals surface area contributed by atoms with E-state index < -0.39 is 0 Å². The summed E-state index contributed by atoms with van der Waals surface area (Å²) >= 11 is 0. The van der Waals surface area contributed by atoms with Crippen LogP contribution in [0.4, 0.5) is 0 Å². The van der Waals surface area contributed by atoms with Crippen LogP contribution in [0.25, 0.3) is 0 Å². The van der Waals surface area contributed by atoms with E-state index in [0.29, 0.717) is 0 Å². The maximum Gasteiger partial charge on any atom is 0.0126 e. The number of rotatable bonds is 2. The monoisotopic (exact) mass is 251 g/mol. The Morgan fingerprint density at radius 2 is 1.28 bits per heavy atom. The molecule has 4 atom stereocenters. The van der Waals surface area contributed by atoms with Crippen molar-refractivity contribution >= 4 is 0 Å². The summed E-state index contributed by atoms with van der Waals surface area (Å²) in [5.74, 6) is 2.96. The molecule has 2 aliphatic carbocycles. The summed E-state index contributed by atoms with van der Waals surface area (Å²) < 4.78 is 0. The first-order valence-corrected chi connectivity index (χ1v) is 8.58. The van der Waals surface area contributed by atoms with Crippen LogP contribution < -0.4 is 5.32 Å². The summed E-state index contributed by atoms with van der Waals surface area (Å²) in [7, 11) is 0. The Hall–Kier alpha value is -0.0400. The van der Waals surface area contributed by atoms with Crippen LogP contribution in [0.15, 0.2) is 0 Å². The Labute approximate surface area is 114 Å². The molecule has 0 heterocycles. The Balaban J connectivity index is 1.85. The van der Waals surface area contributed by atoms with Crippen LogP contribution in [0, 0.1) is 17.8 Å². The Bertz CT molecular complexity index is 226. The van der Waals surface area contributed by atoms with Crippen LogP contribution in [-0.4, -0.2) is 12.6 Å². The Kier molecular flexibility index (Phi) is 6.01. The SMILES string of the molecule is CCNC1C(C)C2CCCCCCCCCCC21. The third-order valence-electron chi connectivity index (χ3n) is 5.52. The minimum atomic E-state index is 0.836. The average Bonchev–Trinajstić information content (AvgIpc) is 2.37. The second-order valence-corrected chi connectivity index (χ2v) is 6.68. The first kappa shape index (κ1) is 14.4. The third-order valence-corrected chi connectivity index (χ3v) is 5.52. The van der Waals surface area contributed by atoms with Gasteiger partial charge in [0.1, 0.15) is 0 Å². The van der Waals surface area contributed by atoms with Gasteiger partial charge in [0.25, 0.3) is 0 Å². The number of nitrogens with one attached hydrogen (secondary N) is 1. The summed E-state index contributed by atoms with van der Waals surface area (Å²) in [4.78, 5) is 0. The first-order chi connectivity index (χ1) is 8.84. The third kappa shape index (κ3) is 3.50. The zero-order valence-corrected chi connectivity index (χ0v) is 12.6. The number of hydrogen-bond acceptors (Lipinski definition) is 1. The maximum atomic E-state index is 3.74.